The standard InChI is InChI=1S/C20H27NO2/c1-20-9-4-3-5-18(20)17-12-19(21-22)15-7-6-13(23-2)11-16(15)14(17)8-10-20/h6-7,11,14,17-18,22H,3-5,8-10,12H2,1-2H3/b21-19+/t14-,17-,18+,20+/m1/s1. The fraction of sp³-hybridized carbons (Fsp3) is 0.650. The Hall–Kier alpha value is -1.51. The second kappa shape index (κ2) is 5.54. The number of rotatable bonds is 1. The van der Waals surface area contributed by atoms with Gasteiger partial charge in [0, 0.05) is 5.56 Å². The van der Waals surface area contributed by atoms with Crippen LogP contribution in [0.5, 0.6) is 5.75 Å². The van der Waals surface area contributed by atoms with Gasteiger partial charge in [0.05, 0.1) is 12.8 Å². The topological polar surface area (TPSA) is 41.8 Å². The van der Waals surface area contributed by atoms with Gasteiger partial charge in [-0.3, -0.25) is 0 Å². The van der Waals surface area contributed by atoms with Gasteiger partial charge in [0.25, 0.3) is 0 Å². The van der Waals surface area contributed by atoms with E-state index in [1.165, 1.54) is 44.1 Å². The molecule has 0 unspecified atom stereocenters. The molecule has 0 amide bonds. The largest absolute Gasteiger partial charge is 0.497 e. The van der Waals surface area contributed by atoms with E-state index in [0.29, 0.717) is 17.3 Å². The Labute approximate surface area is 138 Å². The molecule has 3 nitrogen and oxygen atoms in total. The summed E-state index contributed by atoms with van der Waals surface area (Å²) in [5, 5.41) is 13.2. The van der Waals surface area contributed by atoms with Crippen LogP contribution in [-0.4, -0.2) is 18.0 Å². The van der Waals surface area contributed by atoms with Crippen LogP contribution in [0.3, 0.4) is 0 Å². The molecular formula is C20H27NO2. The average molecular weight is 313 g/mol. The van der Waals surface area contributed by atoms with E-state index in [-0.39, 0.29) is 0 Å². The van der Waals surface area contributed by atoms with Gasteiger partial charge in [-0.1, -0.05) is 24.9 Å². The fourth-order valence-corrected chi connectivity index (χ4v) is 5.78. The summed E-state index contributed by atoms with van der Waals surface area (Å²) >= 11 is 0. The second-order valence-electron chi connectivity index (χ2n) is 8.02. The molecule has 1 aromatic carbocycles. The number of oxime groups is 1. The molecule has 1 N–H and O–H groups in total. The molecule has 1 aromatic rings. The maximum Gasteiger partial charge on any atom is 0.119 e. The summed E-state index contributed by atoms with van der Waals surface area (Å²) in [4.78, 5) is 0. The molecule has 23 heavy (non-hydrogen) atoms. The first-order valence-electron chi connectivity index (χ1n) is 9.05. The van der Waals surface area contributed by atoms with Crippen molar-refractivity contribution in [2.75, 3.05) is 7.11 Å². The van der Waals surface area contributed by atoms with Gasteiger partial charge in [-0.15, -0.1) is 0 Å². The smallest absolute Gasteiger partial charge is 0.119 e. The molecule has 2 saturated carbocycles. The lowest BCUT2D eigenvalue weighted by atomic mass is 9.50. The van der Waals surface area contributed by atoms with E-state index in [2.05, 4.69) is 24.2 Å². The second-order valence-corrected chi connectivity index (χ2v) is 8.02. The highest BCUT2D eigenvalue weighted by Gasteiger charge is 2.50. The number of methoxy groups -OCH3 is 1. The van der Waals surface area contributed by atoms with Crippen molar-refractivity contribution in [2.45, 2.75) is 57.8 Å². The normalized spacial score (nSPS) is 37.7. The number of benzene rings is 1. The van der Waals surface area contributed by atoms with Crippen LogP contribution in [0.25, 0.3) is 0 Å². The molecule has 124 valence electrons. The highest BCUT2D eigenvalue weighted by Crippen LogP contribution is 2.59. The van der Waals surface area contributed by atoms with E-state index in [0.717, 1.165) is 29.4 Å². The molecule has 3 heteroatoms. The van der Waals surface area contributed by atoms with Gasteiger partial charge >= 0.3 is 0 Å². The number of hydrogen-bond acceptors (Lipinski definition) is 3. The van der Waals surface area contributed by atoms with Crippen LogP contribution in [0.1, 0.15) is 68.9 Å². The summed E-state index contributed by atoms with van der Waals surface area (Å²) in [7, 11) is 1.72. The Morgan fingerprint density at radius 3 is 2.87 bits per heavy atom. The fourth-order valence-electron chi connectivity index (χ4n) is 5.78. The van der Waals surface area contributed by atoms with Gasteiger partial charge < -0.3 is 9.94 Å². The number of nitrogens with zero attached hydrogens (tertiary/aromatic N) is 1. The van der Waals surface area contributed by atoms with Crippen LogP contribution in [0.4, 0.5) is 0 Å². The van der Waals surface area contributed by atoms with E-state index in [4.69, 9.17) is 4.74 Å². The highest BCUT2D eigenvalue weighted by molar-refractivity contribution is 6.03. The summed E-state index contributed by atoms with van der Waals surface area (Å²) in [6.07, 6.45) is 8.99. The Balaban J connectivity index is 1.78. The van der Waals surface area contributed by atoms with Crippen molar-refractivity contribution < 1.29 is 9.94 Å². The Bertz CT molecular complexity index is 639. The maximum atomic E-state index is 9.57. The molecule has 0 bridgehead atoms. The van der Waals surface area contributed by atoms with E-state index < -0.39 is 0 Å². The molecule has 0 heterocycles. The molecule has 3 aliphatic carbocycles. The molecule has 0 spiro atoms. The minimum Gasteiger partial charge on any atom is -0.497 e. The molecule has 3 aliphatic rings. The minimum absolute atomic E-state index is 0.496. The van der Waals surface area contributed by atoms with Crippen molar-refractivity contribution in [3.63, 3.8) is 0 Å². The van der Waals surface area contributed by atoms with Gasteiger partial charge in [0.15, 0.2) is 0 Å². The van der Waals surface area contributed by atoms with Crippen LogP contribution < -0.4 is 4.74 Å². The predicted molar refractivity (Wildman–Crippen MR) is 91.5 cm³/mol. The van der Waals surface area contributed by atoms with Crippen molar-refractivity contribution in [3.8, 4) is 5.75 Å². The van der Waals surface area contributed by atoms with Gasteiger partial charge in [0.1, 0.15) is 5.75 Å². The molecule has 0 aromatic heterocycles. The number of ether oxygens (including phenoxy) is 1. The van der Waals surface area contributed by atoms with E-state index in [9.17, 15) is 5.21 Å². The average Bonchev–Trinajstić information content (AvgIpc) is 2.59. The Morgan fingerprint density at radius 2 is 2.09 bits per heavy atom. The van der Waals surface area contributed by atoms with Crippen molar-refractivity contribution in [1.29, 1.82) is 0 Å². The van der Waals surface area contributed by atoms with Gasteiger partial charge in [-0.25, -0.2) is 0 Å². The Morgan fingerprint density at radius 1 is 1.22 bits per heavy atom. The molecule has 2 fully saturated rings. The monoisotopic (exact) mass is 313 g/mol. The first kappa shape index (κ1) is 15.0. The Kier molecular flexibility index (Phi) is 3.62. The lowest BCUT2D eigenvalue weighted by Crippen LogP contribution is -2.45. The predicted octanol–water partition coefficient (Wildman–Crippen LogP) is 4.97. The summed E-state index contributed by atoms with van der Waals surface area (Å²) in [5.41, 5.74) is 3.85. The molecular weight excluding hydrogens is 286 g/mol. The van der Waals surface area contributed by atoms with Crippen LogP contribution in [-0.2, 0) is 0 Å². The van der Waals surface area contributed by atoms with Crippen molar-refractivity contribution >= 4 is 5.71 Å². The molecule has 4 atom stereocenters. The number of fused-ring (bicyclic) bond motifs is 5. The molecule has 0 aliphatic heterocycles. The lowest BCUT2D eigenvalue weighted by Gasteiger charge is -2.54. The first-order chi connectivity index (χ1) is 11.2. The van der Waals surface area contributed by atoms with Crippen LogP contribution in [0.15, 0.2) is 23.4 Å². The van der Waals surface area contributed by atoms with Crippen LogP contribution >= 0.6 is 0 Å². The van der Waals surface area contributed by atoms with Crippen molar-refractivity contribution in [3.05, 3.63) is 29.3 Å². The van der Waals surface area contributed by atoms with E-state index in [1.54, 1.807) is 7.11 Å². The van der Waals surface area contributed by atoms with Gasteiger partial charge in [-0.2, -0.15) is 0 Å². The van der Waals surface area contributed by atoms with Crippen molar-refractivity contribution in [1.82, 2.24) is 0 Å². The number of hydrogen-bond donors (Lipinski definition) is 1. The molecule has 0 radical (unpaired) electrons. The van der Waals surface area contributed by atoms with Gasteiger partial charge in [-0.05, 0) is 79.0 Å². The third-order valence-electron chi connectivity index (χ3n) is 6.99. The van der Waals surface area contributed by atoms with Crippen LogP contribution in [0, 0.1) is 17.3 Å². The van der Waals surface area contributed by atoms with E-state index >= 15 is 0 Å². The van der Waals surface area contributed by atoms with Crippen LogP contribution in [0.2, 0.25) is 0 Å². The minimum atomic E-state index is 0.496. The van der Waals surface area contributed by atoms with Crippen molar-refractivity contribution in [2.24, 2.45) is 22.4 Å². The zero-order valence-corrected chi connectivity index (χ0v) is 14.2. The lowest BCUT2D eigenvalue weighted by molar-refractivity contribution is 0.00383. The molecule has 4 rings (SSSR count). The maximum absolute atomic E-state index is 9.57. The summed E-state index contributed by atoms with van der Waals surface area (Å²) in [6, 6.07) is 6.24. The zero-order chi connectivity index (χ0) is 16.0. The summed E-state index contributed by atoms with van der Waals surface area (Å²) < 4.78 is 5.45. The van der Waals surface area contributed by atoms with E-state index in [1.807, 2.05) is 6.07 Å². The summed E-state index contributed by atoms with van der Waals surface area (Å²) in [5.74, 6) is 2.91. The third-order valence-corrected chi connectivity index (χ3v) is 6.99. The first-order valence-corrected chi connectivity index (χ1v) is 9.05. The zero-order valence-electron chi connectivity index (χ0n) is 14.2. The SMILES string of the molecule is COc1ccc2c(c1)[C@H]1CC[C@]3(C)CCCC[C@H]3[C@@H]1C/C2=N\O. The quantitative estimate of drug-likeness (QED) is 0.587. The summed E-state index contributed by atoms with van der Waals surface area (Å²) in [6.45, 7) is 2.50. The third kappa shape index (κ3) is 2.28. The molecule has 0 saturated heterocycles. The van der Waals surface area contributed by atoms with Gasteiger partial charge in [0.2, 0.25) is 0 Å². The highest BCUT2D eigenvalue weighted by atomic mass is 16.5.